The van der Waals surface area contributed by atoms with Crippen molar-refractivity contribution in [3.8, 4) is 0 Å². The minimum Gasteiger partial charge on any atom is -0.351 e. The summed E-state index contributed by atoms with van der Waals surface area (Å²) in [6.45, 7) is 2.10. The molecule has 2 rings (SSSR count). The zero-order valence-corrected chi connectivity index (χ0v) is 6.08. The molecule has 1 aromatic heterocycles. The maximum atomic E-state index is 5.26. The lowest BCUT2D eigenvalue weighted by molar-refractivity contribution is 0.333. The van der Waals surface area contributed by atoms with Crippen LogP contribution in [0.1, 0.15) is 5.82 Å². The van der Waals surface area contributed by atoms with Gasteiger partial charge in [-0.05, 0) is 19.0 Å². The number of rotatable bonds is 2. The first-order chi connectivity index (χ1) is 5.34. The van der Waals surface area contributed by atoms with E-state index in [4.69, 9.17) is 5.73 Å². The van der Waals surface area contributed by atoms with Crippen LogP contribution in [0.3, 0.4) is 0 Å². The number of aromatic nitrogens is 2. The molecule has 1 fully saturated rings. The predicted molar refractivity (Wildman–Crippen MR) is 38.8 cm³/mol. The minimum atomic E-state index is 0.160. The quantitative estimate of drug-likeness (QED) is 0.595. The molecule has 0 amide bonds. The molecule has 0 aliphatic carbocycles. The number of anilines is 1. The van der Waals surface area contributed by atoms with Crippen LogP contribution in [0.5, 0.6) is 0 Å². The van der Waals surface area contributed by atoms with Gasteiger partial charge in [0, 0.05) is 6.42 Å². The van der Waals surface area contributed by atoms with Crippen LogP contribution in [0.4, 0.5) is 6.01 Å². The van der Waals surface area contributed by atoms with Crippen LogP contribution in [-0.2, 0) is 6.42 Å². The molecule has 1 aliphatic heterocycles. The molecule has 60 valence electrons. The largest absolute Gasteiger partial charge is 0.351 e. The van der Waals surface area contributed by atoms with Crippen molar-refractivity contribution in [1.29, 1.82) is 0 Å². The molecule has 0 atom stereocenters. The van der Waals surface area contributed by atoms with E-state index in [2.05, 4.69) is 20.0 Å². The molecule has 1 saturated heterocycles. The molecule has 0 unspecified atom stereocenters. The highest BCUT2D eigenvalue weighted by molar-refractivity contribution is 5.07. The fraction of sp³-hybridized carbons (Fsp3) is 0.667. The summed E-state index contributed by atoms with van der Waals surface area (Å²) >= 11 is 0. The Labute approximate surface area is 64.0 Å². The van der Waals surface area contributed by atoms with Gasteiger partial charge in [-0.25, -0.2) is 0 Å². The van der Waals surface area contributed by atoms with Crippen molar-refractivity contribution in [2.75, 3.05) is 18.8 Å². The fourth-order valence-corrected chi connectivity index (χ4v) is 1.10. The Balaban J connectivity index is 1.95. The van der Waals surface area contributed by atoms with Gasteiger partial charge in [-0.15, -0.1) is 0 Å². The third-order valence-corrected chi connectivity index (χ3v) is 1.82. The lowest BCUT2D eigenvalue weighted by Gasteiger charge is -2.25. The van der Waals surface area contributed by atoms with E-state index in [1.54, 1.807) is 0 Å². The number of hydrogen-bond donors (Lipinski definition) is 2. The van der Waals surface area contributed by atoms with Crippen molar-refractivity contribution in [3.05, 3.63) is 5.82 Å². The van der Waals surface area contributed by atoms with Crippen molar-refractivity contribution < 1.29 is 4.52 Å². The average Bonchev–Trinajstić information content (AvgIpc) is 2.27. The average molecular weight is 154 g/mol. The van der Waals surface area contributed by atoms with E-state index in [1.807, 2.05) is 0 Å². The number of nitrogen functional groups attached to an aromatic ring is 1. The summed E-state index contributed by atoms with van der Waals surface area (Å²) in [4.78, 5) is 3.90. The summed E-state index contributed by atoms with van der Waals surface area (Å²) in [6.07, 6.45) is 0.869. The predicted octanol–water partition coefficient (Wildman–Crippen LogP) is -0.586. The topological polar surface area (TPSA) is 77.0 Å². The van der Waals surface area contributed by atoms with E-state index in [-0.39, 0.29) is 6.01 Å². The van der Waals surface area contributed by atoms with Crippen molar-refractivity contribution >= 4 is 6.01 Å². The first kappa shape index (κ1) is 6.60. The van der Waals surface area contributed by atoms with Gasteiger partial charge in [-0.2, -0.15) is 4.98 Å². The maximum Gasteiger partial charge on any atom is 0.318 e. The third kappa shape index (κ3) is 1.32. The van der Waals surface area contributed by atoms with Crippen LogP contribution in [0.25, 0.3) is 0 Å². The molecule has 0 saturated carbocycles. The van der Waals surface area contributed by atoms with Gasteiger partial charge in [0.2, 0.25) is 0 Å². The van der Waals surface area contributed by atoms with Crippen molar-refractivity contribution in [2.45, 2.75) is 6.42 Å². The Morgan fingerprint density at radius 1 is 1.64 bits per heavy atom. The highest BCUT2D eigenvalue weighted by Gasteiger charge is 2.19. The van der Waals surface area contributed by atoms with Crippen molar-refractivity contribution in [3.63, 3.8) is 0 Å². The summed E-state index contributed by atoms with van der Waals surface area (Å²) in [6, 6.07) is 0.160. The van der Waals surface area contributed by atoms with E-state index in [0.29, 0.717) is 11.7 Å². The standard InChI is InChI=1S/C6H10N4O/c7-6-9-5(10-11-6)1-4-2-8-3-4/h4,8H,1-3H2,(H2,7,9,10). The van der Waals surface area contributed by atoms with Crippen molar-refractivity contribution in [2.24, 2.45) is 5.92 Å². The summed E-state index contributed by atoms with van der Waals surface area (Å²) < 4.78 is 4.63. The Kier molecular flexibility index (Phi) is 1.50. The van der Waals surface area contributed by atoms with Gasteiger partial charge in [0.05, 0.1) is 0 Å². The molecular formula is C6H10N4O. The summed E-state index contributed by atoms with van der Waals surface area (Å²) in [5.41, 5.74) is 5.26. The highest BCUT2D eigenvalue weighted by Crippen LogP contribution is 2.10. The highest BCUT2D eigenvalue weighted by atomic mass is 16.5. The number of nitrogens with zero attached hydrogens (tertiary/aromatic N) is 2. The van der Waals surface area contributed by atoms with Crippen LogP contribution in [0.15, 0.2) is 4.52 Å². The molecule has 11 heavy (non-hydrogen) atoms. The first-order valence-corrected chi connectivity index (χ1v) is 3.63. The molecular weight excluding hydrogens is 144 g/mol. The van der Waals surface area contributed by atoms with Crippen LogP contribution in [-0.4, -0.2) is 23.2 Å². The molecule has 5 heteroatoms. The Hall–Kier alpha value is -1.10. The second-order valence-corrected chi connectivity index (χ2v) is 2.78. The molecule has 1 aromatic rings. The van der Waals surface area contributed by atoms with Gasteiger partial charge >= 0.3 is 6.01 Å². The normalized spacial score (nSPS) is 18.2. The van der Waals surface area contributed by atoms with Crippen LogP contribution in [0.2, 0.25) is 0 Å². The van der Waals surface area contributed by atoms with Crippen LogP contribution in [0, 0.1) is 5.92 Å². The van der Waals surface area contributed by atoms with Crippen LogP contribution < -0.4 is 11.1 Å². The van der Waals surface area contributed by atoms with E-state index in [1.165, 1.54) is 0 Å². The van der Waals surface area contributed by atoms with Gasteiger partial charge in [0.15, 0.2) is 5.82 Å². The Bertz CT molecular complexity index is 242. The molecule has 0 spiro atoms. The van der Waals surface area contributed by atoms with E-state index < -0.39 is 0 Å². The monoisotopic (exact) mass is 154 g/mol. The van der Waals surface area contributed by atoms with Gasteiger partial charge in [-0.1, -0.05) is 5.16 Å². The fourth-order valence-electron chi connectivity index (χ4n) is 1.10. The summed E-state index contributed by atoms with van der Waals surface area (Å²) in [7, 11) is 0. The lowest BCUT2D eigenvalue weighted by atomic mass is 9.99. The second-order valence-electron chi connectivity index (χ2n) is 2.78. The molecule has 1 aliphatic rings. The number of nitrogens with one attached hydrogen (secondary N) is 1. The maximum absolute atomic E-state index is 5.26. The van der Waals surface area contributed by atoms with E-state index in [0.717, 1.165) is 19.5 Å². The number of nitrogens with two attached hydrogens (primary N) is 1. The van der Waals surface area contributed by atoms with Crippen LogP contribution >= 0.6 is 0 Å². The zero-order valence-electron chi connectivity index (χ0n) is 6.08. The SMILES string of the molecule is Nc1nc(CC2CNC2)no1. The summed E-state index contributed by atoms with van der Waals surface area (Å²) in [5, 5.41) is 6.87. The number of hydrogen-bond acceptors (Lipinski definition) is 5. The molecule has 5 nitrogen and oxygen atoms in total. The van der Waals surface area contributed by atoms with Crippen molar-refractivity contribution in [1.82, 2.24) is 15.5 Å². The molecule has 0 bridgehead atoms. The molecule has 0 radical (unpaired) electrons. The van der Waals surface area contributed by atoms with Gasteiger partial charge in [0.1, 0.15) is 0 Å². The molecule has 2 heterocycles. The van der Waals surface area contributed by atoms with E-state index in [9.17, 15) is 0 Å². The molecule has 3 N–H and O–H groups in total. The van der Waals surface area contributed by atoms with Gasteiger partial charge in [0.25, 0.3) is 0 Å². The first-order valence-electron chi connectivity index (χ1n) is 3.63. The minimum absolute atomic E-state index is 0.160. The summed E-state index contributed by atoms with van der Waals surface area (Å²) in [5.74, 6) is 1.38. The third-order valence-electron chi connectivity index (χ3n) is 1.82. The molecule has 0 aromatic carbocycles. The van der Waals surface area contributed by atoms with Gasteiger partial charge < -0.3 is 15.6 Å². The van der Waals surface area contributed by atoms with Gasteiger partial charge in [-0.3, -0.25) is 0 Å². The smallest absolute Gasteiger partial charge is 0.318 e. The van der Waals surface area contributed by atoms with E-state index >= 15 is 0 Å². The lowest BCUT2D eigenvalue weighted by Crippen LogP contribution is -2.43. The Morgan fingerprint density at radius 2 is 2.45 bits per heavy atom. The zero-order chi connectivity index (χ0) is 7.68. The second kappa shape index (κ2) is 2.50. The Morgan fingerprint density at radius 3 is 2.91 bits per heavy atom.